The molecule has 4 heteroatoms. The third-order valence-corrected chi connectivity index (χ3v) is 8.87. The van der Waals surface area contributed by atoms with Gasteiger partial charge in [-0.25, -0.2) is 4.39 Å². The SMILES string of the molecule is CCC(CC)(CC[C@@H](F)[C@@H](C)[C@H]1CC[C@H]2C(=O)CCC[C@]12C)O[Si](C)(C)C. The fraction of sp³-hybridized carbons (Fsp3) is 0.957. The van der Waals surface area contributed by atoms with Gasteiger partial charge in [-0.1, -0.05) is 27.7 Å². The van der Waals surface area contributed by atoms with E-state index in [2.05, 4.69) is 47.3 Å². The molecule has 27 heavy (non-hydrogen) atoms. The Balaban J connectivity index is 2.02. The standard InChI is InChI=1S/C23H43FO2Si/c1-8-23(9-2,26-27(5,6)7)16-14-20(24)17(3)18-12-13-19-21(25)11-10-15-22(18,19)4/h17-20H,8-16H2,1-7H3/t17-,18+,19-,20+,22+/m0/s1. The second-order valence-electron chi connectivity index (χ2n) is 10.6. The summed E-state index contributed by atoms with van der Waals surface area (Å²) in [6.45, 7) is 15.4. The van der Waals surface area contributed by atoms with Crippen LogP contribution in [-0.2, 0) is 9.22 Å². The van der Waals surface area contributed by atoms with Crippen LogP contribution in [0, 0.1) is 23.2 Å². The number of Topliss-reactive ketones (excluding diaryl/α,β-unsaturated/α-hetero) is 1. The number of ketones is 1. The molecule has 0 N–H and O–H groups in total. The molecule has 0 saturated heterocycles. The van der Waals surface area contributed by atoms with E-state index in [4.69, 9.17) is 4.43 Å². The summed E-state index contributed by atoms with van der Waals surface area (Å²) < 4.78 is 21.9. The zero-order chi connectivity index (χ0) is 20.5. The van der Waals surface area contributed by atoms with Gasteiger partial charge in [-0.3, -0.25) is 4.79 Å². The molecule has 2 saturated carbocycles. The van der Waals surface area contributed by atoms with Crippen LogP contribution in [-0.4, -0.2) is 25.9 Å². The summed E-state index contributed by atoms with van der Waals surface area (Å²) in [5.74, 6) is 1.00. The van der Waals surface area contributed by atoms with Crippen molar-refractivity contribution in [3.63, 3.8) is 0 Å². The number of fused-ring (bicyclic) bond motifs is 1. The highest BCUT2D eigenvalue weighted by Crippen LogP contribution is 2.57. The Bertz CT molecular complexity index is 511. The molecule has 0 aromatic carbocycles. The van der Waals surface area contributed by atoms with Crippen molar-refractivity contribution in [3.8, 4) is 0 Å². The van der Waals surface area contributed by atoms with Crippen LogP contribution < -0.4 is 0 Å². The first-order chi connectivity index (χ1) is 12.5. The number of hydrogen-bond acceptors (Lipinski definition) is 2. The van der Waals surface area contributed by atoms with Gasteiger partial charge >= 0.3 is 0 Å². The van der Waals surface area contributed by atoms with Gasteiger partial charge in [0.2, 0.25) is 0 Å². The molecule has 5 atom stereocenters. The van der Waals surface area contributed by atoms with E-state index in [9.17, 15) is 4.79 Å². The van der Waals surface area contributed by atoms with Gasteiger partial charge in [0.05, 0.1) is 5.60 Å². The maximum atomic E-state index is 15.4. The number of rotatable bonds is 9. The summed E-state index contributed by atoms with van der Waals surface area (Å²) in [4.78, 5) is 12.4. The van der Waals surface area contributed by atoms with Crippen LogP contribution in [0.4, 0.5) is 4.39 Å². The van der Waals surface area contributed by atoms with Crippen molar-refractivity contribution in [2.45, 2.75) is 117 Å². The normalized spacial score (nSPS) is 31.6. The first-order valence-electron chi connectivity index (χ1n) is 11.3. The van der Waals surface area contributed by atoms with Gasteiger partial charge in [-0.2, -0.15) is 0 Å². The maximum Gasteiger partial charge on any atom is 0.184 e. The molecule has 158 valence electrons. The lowest BCUT2D eigenvalue weighted by Crippen LogP contribution is -2.43. The Kier molecular flexibility index (Phi) is 7.39. The lowest BCUT2D eigenvalue weighted by Gasteiger charge is -2.43. The third kappa shape index (κ3) is 5.04. The zero-order valence-electron chi connectivity index (χ0n) is 18.9. The maximum absolute atomic E-state index is 15.4. The molecular formula is C23H43FO2Si. The number of carbonyl (C=O) groups excluding carboxylic acids is 1. The van der Waals surface area contributed by atoms with E-state index in [0.717, 1.165) is 51.4 Å². The fourth-order valence-corrected chi connectivity index (χ4v) is 7.89. The van der Waals surface area contributed by atoms with Gasteiger partial charge in [0, 0.05) is 12.3 Å². The van der Waals surface area contributed by atoms with Crippen LogP contribution >= 0.6 is 0 Å². The predicted molar refractivity (Wildman–Crippen MR) is 114 cm³/mol. The zero-order valence-corrected chi connectivity index (χ0v) is 19.9. The minimum Gasteiger partial charge on any atom is -0.412 e. The van der Waals surface area contributed by atoms with Gasteiger partial charge < -0.3 is 4.43 Å². The molecule has 0 aromatic rings. The van der Waals surface area contributed by atoms with Crippen molar-refractivity contribution in [1.82, 2.24) is 0 Å². The van der Waals surface area contributed by atoms with Crippen LogP contribution in [0.15, 0.2) is 0 Å². The molecule has 0 heterocycles. The second kappa shape index (κ2) is 8.65. The summed E-state index contributed by atoms with van der Waals surface area (Å²) in [5, 5.41) is 0. The van der Waals surface area contributed by atoms with E-state index in [-0.39, 0.29) is 22.9 Å². The summed E-state index contributed by atoms with van der Waals surface area (Å²) >= 11 is 0. The molecular weight excluding hydrogens is 355 g/mol. The Labute approximate surface area is 168 Å². The highest BCUT2D eigenvalue weighted by Gasteiger charge is 2.53. The summed E-state index contributed by atoms with van der Waals surface area (Å²) in [6.07, 6.45) is 7.31. The van der Waals surface area contributed by atoms with Crippen molar-refractivity contribution >= 4 is 14.1 Å². The van der Waals surface area contributed by atoms with E-state index in [0.29, 0.717) is 18.1 Å². The molecule has 0 bridgehead atoms. The van der Waals surface area contributed by atoms with Crippen LogP contribution in [0.1, 0.15) is 85.5 Å². The van der Waals surface area contributed by atoms with E-state index in [1.165, 1.54) is 0 Å². The molecule has 2 fully saturated rings. The average Bonchev–Trinajstić information content (AvgIpc) is 2.95. The van der Waals surface area contributed by atoms with Crippen LogP contribution in [0.5, 0.6) is 0 Å². The minimum atomic E-state index is -1.66. The van der Waals surface area contributed by atoms with Crippen molar-refractivity contribution in [2.24, 2.45) is 23.2 Å². The molecule has 2 aliphatic rings. The second-order valence-corrected chi connectivity index (χ2v) is 15.0. The van der Waals surface area contributed by atoms with E-state index < -0.39 is 14.5 Å². The van der Waals surface area contributed by atoms with Crippen molar-refractivity contribution in [2.75, 3.05) is 0 Å². The van der Waals surface area contributed by atoms with Crippen molar-refractivity contribution in [1.29, 1.82) is 0 Å². The van der Waals surface area contributed by atoms with Gasteiger partial charge in [0.25, 0.3) is 0 Å². The Morgan fingerprint density at radius 1 is 1.26 bits per heavy atom. The van der Waals surface area contributed by atoms with Crippen molar-refractivity contribution < 1.29 is 13.6 Å². The molecule has 0 unspecified atom stereocenters. The summed E-state index contributed by atoms with van der Waals surface area (Å²) in [7, 11) is -1.66. The third-order valence-electron chi connectivity index (χ3n) is 7.83. The Hall–Kier alpha value is -0.223. The van der Waals surface area contributed by atoms with Crippen molar-refractivity contribution in [3.05, 3.63) is 0 Å². The molecule has 0 aliphatic heterocycles. The molecule has 0 aromatic heterocycles. The predicted octanol–water partition coefficient (Wildman–Crippen LogP) is 6.94. The minimum absolute atomic E-state index is 0.0283. The van der Waals surface area contributed by atoms with E-state index in [1.807, 2.05) is 0 Å². The largest absolute Gasteiger partial charge is 0.412 e. The van der Waals surface area contributed by atoms with Gasteiger partial charge in [-0.05, 0) is 88.3 Å². The van der Waals surface area contributed by atoms with Crippen LogP contribution in [0.2, 0.25) is 19.6 Å². The smallest absolute Gasteiger partial charge is 0.184 e. The average molecular weight is 399 g/mol. The van der Waals surface area contributed by atoms with E-state index in [1.54, 1.807) is 0 Å². The fourth-order valence-electron chi connectivity index (χ4n) is 6.20. The molecule has 0 amide bonds. The van der Waals surface area contributed by atoms with Gasteiger partial charge in [-0.15, -0.1) is 0 Å². The first kappa shape index (κ1) is 23.1. The highest BCUT2D eigenvalue weighted by molar-refractivity contribution is 6.69. The molecule has 0 radical (unpaired) electrons. The lowest BCUT2D eigenvalue weighted by molar-refractivity contribution is -0.130. The molecule has 0 spiro atoms. The number of halogens is 1. The monoisotopic (exact) mass is 398 g/mol. The van der Waals surface area contributed by atoms with Gasteiger partial charge in [0.15, 0.2) is 8.32 Å². The highest BCUT2D eigenvalue weighted by atomic mass is 28.4. The van der Waals surface area contributed by atoms with Crippen LogP contribution in [0.3, 0.4) is 0 Å². The number of alkyl halides is 1. The van der Waals surface area contributed by atoms with E-state index >= 15 is 4.39 Å². The van der Waals surface area contributed by atoms with Gasteiger partial charge in [0.1, 0.15) is 12.0 Å². The molecule has 2 aliphatic carbocycles. The van der Waals surface area contributed by atoms with Crippen LogP contribution in [0.25, 0.3) is 0 Å². The first-order valence-corrected chi connectivity index (χ1v) is 14.8. The number of hydrogen-bond donors (Lipinski definition) is 0. The summed E-state index contributed by atoms with van der Waals surface area (Å²) in [6, 6.07) is 0. The summed E-state index contributed by atoms with van der Waals surface area (Å²) in [5.41, 5.74) is -0.141. The molecule has 2 nitrogen and oxygen atoms in total. The molecule has 2 rings (SSSR count). The number of carbonyl (C=O) groups is 1. The Morgan fingerprint density at radius 2 is 1.89 bits per heavy atom. The topological polar surface area (TPSA) is 26.3 Å². The quantitative estimate of drug-likeness (QED) is 0.393. The Morgan fingerprint density at radius 3 is 2.44 bits per heavy atom. The lowest BCUT2D eigenvalue weighted by atomic mass is 9.61.